The van der Waals surface area contributed by atoms with Gasteiger partial charge in [-0.2, -0.15) is 0 Å². The van der Waals surface area contributed by atoms with Crippen LogP contribution in [0.25, 0.3) is 0 Å². The van der Waals surface area contributed by atoms with Crippen LogP contribution in [-0.4, -0.2) is 37.0 Å². The molecular formula is C27H29ClN2O3. The fourth-order valence-corrected chi connectivity index (χ4v) is 4.24. The summed E-state index contributed by atoms with van der Waals surface area (Å²) in [4.78, 5) is 15.1. The molecule has 0 saturated carbocycles. The smallest absolute Gasteiger partial charge is 0.227 e. The number of benzene rings is 3. The highest BCUT2D eigenvalue weighted by Crippen LogP contribution is 2.31. The molecule has 1 saturated heterocycles. The van der Waals surface area contributed by atoms with Crippen molar-refractivity contribution in [1.82, 2.24) is 10.2 Å². The first-order valence-electron chi connectivity index (χ1n) is 11.2. The van der Waals surface area contributed by atoms with E-state index in [0.717, 1.165) is 37.4 Å². The highest BCUT2D eigenvalue weighted by atomic mass is 35.5. The van der Waals surface area contributed by atoms with Crippen LogP contribution in [0.4, 0.5) is 0 Å². The number of carbonyl (C=O) groups is 1. The number of amides is 1. The lowest BCUT2D eigenvalue weighted by Crippen LogP contribution is -2.39. The number of hydrogen-bond acceptors (Lipinski definition) is 4. The fourth-order valence-electron chi connectivity index (χ4n) is 4.12. The molecule has 4 rings (SSSR count). The van der Waals surface area contributed by atoms with Crippen molar-refractivity contribution in [2.24, 2.45) is 0 Å². The highest BCUT2D eigenvalue weighted by Gasteiger charge is 2.26. The summed E-state index contributed by atoms with van der Waals surface area (Å²) in [5, 5.41) is 3.89. The zero-order valence-corrected chi connectivity index (χ0v) is 19.7. The van der Waals surface area contributed by atoms with Crippen LogP contribution in [0.3, 0.4) is 0 Å². The summed E-state index contributed by atoms with van der Waals surface area (Å²) in [7, 11) is 1.64. The van der Waals surface area contributed by atoms with Gasteiger partial charge < -0.3 is 14.8 Å². The van der Waals surface area contributed by atoms with Crippen LogP contribution in [0.5, 0.6) is 17.2 Å². The molecule has 5 nitrogen and oxygen atoms in total. The monoisotopic (exact) mass is 464 g/mol. The number of nitrogens with zero attached hydrogens (tertiary/aromatic N) is 1. The molecule has 33 heavy (non-hydrogen) atoms. The molecule has 1 unspecified atom stereocenters. The van der Waals surface area contributed by atoms with E-state index in [1.165, 1.54) is 5.56 Å². The maximum atomic E-state index is 12.7. The van der Waals surface area contributed by atoms with E-state index in [2.05, 4.69) is 22.3 Å². The molecule has 1 heterocycles. The number of likely N-dealkylation sites (tertiary alicyclic amines) is 1. The molecule has 1 aliphatic heterocycles. The third-order valence-corrected chi connectivity index (χ3v) is 6.24. The molecule has 1 fully saturated rings. The molecule has 0 aromatic heterocycles. The van der Waals surface area contributed by atoms with Crippen molar-refractivity contribution < 1.29 is 14.3 Å². The Kier molecular flexibility index (Phi) is 7.53. The van der Waals surface area contributed by atoms with E-state index in [-0.39, 0.29) is 17.9 Å². The van der Waals surface area contributed by atoms with Gasteiger partial charge in [0.2, 0.25) is 5.91 Å². The van der Waals surface area contributed by atoms with Crippen molar-refractivity contribution in [1.29, 1.82) is 0 Å². The van der Waals surface area contributed by atoms with Gasteiger partial charge in [0.1, 0.15) is 5.75 Å². The van der Waals surface area contributed by atoms with Gasteiger partial charge in [0, 0.05) is 30.7 Å². The summed E-state index contributed by atoms with van der Waals surface area (Å²) in [6.45, 7) is 4.51. The van der Waals surface area contributed by atoms with Crippen molar-refractivity contribution >= 4 is 17.5 Å². The van der Waals surface area contributed by atoms with E-state index in [4.69, 9.17) is 21.1 Å². The first kappa shape index (κ1) is 23.1. The fraction of sp³-hybridized carbons (Fsp3) is 0.296. The molecule has 1 N–H and O–H groups in total. The van der Waals surface area contributed by atoms with Crippen molar-refractivity contribution in [2.75, 3.05) is 20.2 Å². The second kappa shape index (κ2) is 10.7. The normalized spacial score (nSPS) is 16.9. The molecule has 0 bridgehead atoms. The minimum atomic E-state index is -0.208. The lowest BCUT2D eigenvalue weighted by Gasteiger charge is -2.19. The zero-order valence-electron chi connectivity index (χ0n) is 19.0. The first-order valence-corrected chi connectivity index (χ1v) is 11.6. The molecule has 172 valence electrons. The molecule has 1 amide bonds. The Hall–Kier alpha value is -3.02. The molecule has 3 aromatic rings. The predicted molar refractivity (Wildman–Crippen MR) is 131 cm³/mol. The molecule has 2 atom stereocenters. The Balaban J connectivity index is 1.31. The number of methoxy groups -OCH3 is 1. The number of ether oxygens (including phenoxy) is 2. The Morgan fingerprint density at radius 3 is 2.61 bits per heavy atom. The van der Waals surface area contributed by atoms with Gasteiger partial charge in [-0.05, 0) is 60.9 Å². The van der Waals surface area contributed by atoms with Crippen molar-refractivity contribution in [2.45, 2.75) is 31.8 Å². The summed E-state index contributed by atoms with van der Waals surface area (Å²) in [5.74, 6) is 2.01. The Bertz CT molecular complexity index is 1090. The van der Waals surface area contributed by atoms with E-state index in [0.29, 0.717) is 16.5 Å². The van der Waals surface area contributed by atoms with Crippen LogP contribution in [0.1, 0.15) is 30.4 Å². The van der Waals surface area contributed by atoms with Crippen LogP contribution in [-0.2, 0) is 11.3 Å². The summed E-state index contributed by atoms with van der Waals surface area (Å²) in [6.07, 6.45) is 0.941. The van der Waals surface area contributed by atoms with Gasteiger partial charge in [0.15, 0.2) is 11.5 Å². The van der Waals surface area contributed by atoms with Crippen molar-refractivity contribution in [3.8, 4) is 17.2 Å². The summed E-state index contributed by atoms with van der Waals surface area (Å²) >= 11 is 5.96. The molecular weight excluding hydrogens is 436 g/mol. The second-order valence-corrected chi connectivity index (χ2v) is 8.84. The Labute approximate surface area is 200 Å². The molecule has 1 aliphatic rings. The maximum Gasteiger partial charge on any atom is 0.227 e. The van der Waals surface area contributed by atoms with E-state index in [1.807, 2.05) is 67.6 Å². The van der Waals surface area contributed by atoms with Crippen LogP contribution in [0.15, 0.2) is 72.8 Å². The third-order valence-electron chi connectivity index (χ3n) is 5.98. The SMILES string of the molecule is COc1ccccc1Oc1cccc(CN2CCC(NC(=O)[C@@H](C)c3ccc(Cl)cc3)C2)c1. The van der Waals surface area contributed by atoms with Crippen LogP contribution < -0.4 is 14.8 Å². The Morgan fingerprint density at radius 1 is 1.09 bits per heavy atom. The standard InChI is InChI=1S/C27H29ClN2O3/c1-19(21-10-12-22(28)13-11-21)27(31)29-23-14-15-30(18-23)17-20-6-5-7-24(16-20)33-26-9-4-3-8-25(26)32-2/h3-13,16,19,23H,14-15,17-18H2,1-2H3,(H,29,31)/t19-,23?/m0/s1. The van der Waals surface area contributed by atoms with Gasteiger partial charge in [-0.15, -0.1) is 0 Å². The van der Waals surface area contributed by atoms with Gasteiger partial charge in [-0.25, -0.2) is 0 Å². The summed E-state index contributed by atoms with van der Waals surface area (Å²) in [6, 6.07) is 23.3. The summed E-state index contributed by atoms with van der Waals surface area (Å²) in [5.41, 5.74) is 2.14. The average Bonchev–Trinajstić information content (AvgIpc) is 3.26. The first-order chi connectivity index (χ1) is 16.0. The number of rotatable bonds is 8. The van der Waals surface area contributed by atoms with Gasteiger partial charge in [0.25, 0.3) is 0 Å². The largest absolute Gasteiger partial charge is 0.493 e. The quantitative estimate of drug-likeness (QED) is 0.469. The highest BCUT2D eigenvalue weighted by molar-refractivity contribution is 6.30. The van der Waals surface area contributed by atoms with Crippen molar-refractivity contribution in [3.63, 3.8) is 0 Å². The lowest BCUT2D eigenvalue weighted by molar-refractivity contribution is -0.122. The minimum Gasteiger partial charge on any atom is -0.493 e. The second-order valence-electron chi connectivity index (χ2n) is 8.40. The predicted octanol–water partition coefficient (Wildman–Crippen LogP) is 5.64. The van der Waals surface area contributed by atoms with E-state index in [9.17, 15) is 4.79 Å². The molecule has 0 spiro atoms. The summed E-state index contributed by atoms with van der Waals surface area (Å²) < 4.78 is 11.4. The average molecular weight is 465 g/mol. The number of carbonyl (C=O) groups excluding carboxylic acids is 1. The van der Waals surface area contributed by atoms with Gasteiger partial charge in [-0.1, -0.05) is 48.0 Å². The topological polar surface area (TPSA) is 50.8 Å². The lowest BCUT2D eigenvalue weighted by atomic mass is 10.00. The van der Waals surface area contributed by atoms with Crippen LogP contribution >= 0.6 is 11.6 Å². The van der Waals surface area contributed by atoms with Gasteiger partial charge >= 0.3 is 0 Å². The van der Waals surface area contributed by atoms with E-state index >= 15 is 0 Å². The zero-order chi connectivity index (χ0) is 23.2. The molecule has 6 heteroatoms. The minimum absolute atomic E-state index is 0.0522. The van der Waals surface area contributed by atoms with E-state index < -0.39 is 0 Å². The van der Waals surface area contributed by atoms with Crippen LogP contribution in [0, 0.1) is 0 Å². The number of halogens is 1. The molecule has 3 aromatic carbocycles. The maximum absolute atomic E-state index is 12.7. The van der Waals surface area contributed by atoms with Gasteiger partial charge in [-0.3, -0.25) is 9.69 Å². The molecule has 0 radical (unpaired) electrons. The third kappa shape index (κ3) is 6.06. The Morgan fingerprint density at radius 2 is 1.85 bits per heavy atom. The number of hydrogen-bond donors (Lipinski definition) is 1. The van der Waals surface area contributed by atoms with Crippen LogP contribution in [0.2, 0.25) is 5.02 Å². The van der Waals surface area contributed by atoms with E-state index in [1.54, 1.807) is 7.11 Å². The molecule has 0 aliphatic carbocycles. The van der Waals surface area contributed by atoms with Crippen molar-refractivity contribution in [3.05, 3.63) is 88.9 Å². The van der Waals surface area contributed by atoms with Gasteiger partial charge in [0.05, 0.1) is 13.0 Å². The number of nitrogens with one attached hydrogen (secondary N) is 1. The number of para-hydroxylation sites is 2.